The van der Waals surface area contributed by atoms with Gasteiger partial charge in [-0.2, -0.15) is 0 Å². The first-order chi connectivity index (χ1) is 11.8. The van der Waals surface area contributed by atoms with E-state index in [2.05, 4.69) is 43.7 Å². The van der Waals surface area contributed by atoms with Crippen molar-refractivity contribution in [2.75, 3.05) is 19.7 Å². The Morgan fingerprint density at radius 1 is 0.958 bits per heavy atom. The van der Waals surface area contributed by atoms with E-state index in [4.69, 9.17) is 0 Å². The third-order valence-electron chi connectivity index (χ3n) is 5.38. The highest BCUT2D eigenvalue weighted by Crippen LogP contribution is 2.22. The van der Waals surface area contributed by atoms with Crippen molar-refractivity contribution in [3.05, 3.63) is 24.6 Å². The minimum absolute atomic E-state index is 0.267. The second kappa shape index (κ2) is 13.5. The molecule has 1 heterocycles. The van der Waals surface area contributed by atoms with Crippen LogP contribution >= 0.6 is 0 Å². The lowest BCUT2D eigenvalue weighted by molar-refractivity contribution is -0.900. The van der Waals surface area contributed by atoms with E-state index in [-0.39, 0.29) is 6.61 Å². The number of nitrogens with zero attached hydrogens (tertiary/aromatic N) is 1. The van der Waals surface area contributed by atoms with E-state index in [1.165, 1.54) is 70.6 Å². The summed E-state index contributed by atoms with van der Waals surface area (Å²) in [5, 5.41) is 12.8. The third-order valence-corrected chi connectivity index (χ3v) is 5.38. The number of hydrogen-bond donors (Lipinski definition) is 2. The van der Waals surface area contributed by atoms with Crippen LogP contribution in [0.1, 0.15) is 84.5 Å². The summed E-state index contributed by atoms with van der Waals surface area (Å²) >= 11 is 0. The van der Waals surface area contributed by atoms with Gasteiger partial charge in [-0.15, -0.1) is 0 Å². The van der Waals surface area contributed by atoms with Gasteiger partial charge in [0, 0.05) is 6.42 Å². The summed E-state index contributed by atoms with van der Waals surface area (Å²) in [6.07, 6.45) is 24.0. The first-order valence-electron chi connectivity index (χ1n) is 10.3. The summed E-state index contributed by atoms with van der Waals surface area (Å²) in [5.41, 5.74) is 0. The summed E-state index contributed by atoms with van der Waals surface area (Å²) in [4.78, 5) is 0. The molecule has 2 atom stereocenters. The van der Waals surface area contributed by atoms with Gasteiger partial charge in [0.1, 0.15) is 12.7 Å². The number of quaternary nitrogens is 1. The Labute approximate surface area is 150 Å². The highest BCUT2D eigenvalue weighted by Gasteiger charge is 2.35. The van der Waals surface area contributed by atoms with Crippen molar-refractivity contribution in [1.29, 1.82) is 0 Å². The van der Waals surface area contributed by atoms with Crippen molar-refractivity contribution in [1.82, 2.24) is 5.32 Å². The number of allylic oxidation sites excluding steroid dienone is 2. The molecule has 0 fully saturated rings. The maximum atomic E-state index is 9.33. The van der Waals surface area contributed by atoms with Gasteiger partial charge in [0.25, 0.3) is 0 Å². The molecule has 0 bridgehead atoms. The van der Waals surface area contributed by atoms with Crippen LogP contribution < -0.4 is 5.32 Å². The molecule has 140 valence electrons. The summed E-state index contributed by atoms with van der Waals surface area (Å²) in [7, 11) is 0. The molecule has 0 aromatic rings. The Kier molecular flexibility index (Phi) is 11.9. The summed E-state index contributed by atoms with van der Waals surface area (Å²) < 4.78 is 0.904. The Bertz CT molecular complexity index is 354. The number of nitrogens with one attached hydrogen (secondary N) is 1. The Balaban J connectivity index is 1.99. The van der Waals surface area contributed by atoms with Crippen LogP contribution in [0.3, 0.4) is 0 Å². The molecule has 24 heavy (non-hydrogen) atoms. The lowest BCUT2D eigenvalue weighted by atomic mass is 10.1. The monoisotopic (exact) mass is 337 g/mol. The lowest BCUT2D eigenvalue weighted by Crippen LogP contribution is -2.54. The van der Waals surface area contributed by atoms with Crippen molar-refractivity contribution < 1.29 is 9.59 Å². The van der Waals surface area contributed by atoms with E-state index >= 15 is 0 Å². The van der Waals surface area contributed by atoms with E-state index in [1.54, 1.807) is 0 Å². The van der Waals surface area contributed by atoms with Crippen LogP contribution in [0, 0.1) is 0 Å². The van der Waals surface area contributed by atoms with Gasteiger partial charge in [0.15, 0.2) is 6.17 Å². The van der Waals surface area contributed by atoms with E-state index in [1.807, 2.05) is 0 Å². The number of hydrogen-bond acceptors (Lipinski definition) is 2. The third kappa shape index (κ3) is 7.85. The second-order valence-corrected chi connectivity index (χ2v) is 7.18. The average Bonchev–Trinajstić information content (AvgIpc) is 2.99. The van der Waals surface area contributed by atoms with Crippen LogP contribution in [0.15, 0.2) is 24.6 Å². The summed E-state index contributed by atoms with van der Waals surface area (Å²) in [6.45, 7) is 6.62. The van der Waals surface area contributed by atoms with Crippen LogP contribution in [0.2, 0.25) is 0 Å². The molecule has 3 heteroatoms. The largest absolute Gasteiger partial charge is 0.390 e. The molecule has 0 amide bonds. The van der Waals surface area contributed by atoms with Crippen LogP contribution in [-0.2, 0) is 0 Å². The highest BCUT2D eigenvalue weighted by molar-refractivity contribution is 4.84. The first kappa shape index (κ1) is 21.2. The topological polar surface area (TPSA) is 32.3 Å². The number of rotatable bonds is 15. The van der Waals surface area contributed by atoms with Crippen molar-refractivity contribution >= 4 is 0 Å². The van der Waals surface area contributed by atoms with Gasteiger partial charge in [-0.1, -0.05) is 57.6 Å². The van der Waals surface area contributed by atoms with Crippen molar-refractivity contribution in [2.45, 2.75) is 90.6 Å². The lowest BCUT2D eigenvalue weighted by Gasteiger charge is -2.36. The number of unbranched alkanes of at least 4 members (excludes halogenated alkanes) is 8. The van der Waals surface area contributed by atoms with Crippen molar-refractivity contribution in [3.63, 3.8) is 0 Å². The molecular weight excluding hydrogens is 296 g/mol. The Hall–Kier alpha value is -0.800. The van der Waals surface area contributed by atoms with Crippen LogP contribution in [-0.4, -0.2) is 35.5 Å². The fourth-order valence-corrected chi connectivity index (χ4v) is 3.66. The van der Waals surface area contributed by atoms with Gasteiger partial charge in [-0.25, -0.2) is 0 Å². The zero-order valence-electron chi connectivity index (χ0n) is 16.2. The highest BCUT2D eigenvalue weighted by atomic mass is 16.3. The number of likely N-dealkylation sites (N-methyl/N-ethyl adjacent to an activating group) is 1. The molecule has 0 saturated heterocycles. The molecule has 0 radical (unpaired) electrons. The van der Waals surface area contributed by atoms with Gasteiger partial charge in [0.05, 0.1) is 19.4 Å². The van der Waals surface area contributed by atoms with Crippen LogP contribution in [0.25, 0.3) is 0 Å². The average molecular weight is 338 g/mol. The fourth-order valence-electron chi connectivity index (χ4n) is 3.66. The second-order valence-electron chi connectivity index (χ2n) is 7.18. The van der Waals surface area contributed by atoms with E-state index < -0.39 is 0 Å². The number of aliphatic hydroxyl groups excluding tert-OH is 1. The molecule has 1 rings (SSSR count). The molecule has 3 nitrogen and oxygen atoms in total. The van der Waals surface area contributed by atoms with Gasteiger partial charge in [0.2, 0.25) is 0 Å². The molecule has 1 aliphatic heterocycles. The summed E-state index contributed by atoms with van der Waals surface area (Å²) in [5.74, 6) is 0. The first-order valence-corrected chi connectivity index (χ1v) is 10.3. The molecule has 0 aromatic carbocycles. The maximum absolute atomic E-state index is 9.33. The molecule has 0 aromatic heterocycles. The van der Waals surface area contributed by atoms with E-state index in [9.17, 15) is 5.11 Å². The smallest absolute Gasteiger partial charge is 0.166 e. The Morgan fingerprint density at radius 2 is 1.62 bits per heavy atom. The molecule has 0 saturated carbocycles. The predicted octanol–water partition coefficient (Wildman–Crippen LogP) is 5.08. The quantitative estimate of drug-likeness (QED) is 0.248. The molecule has 0 aliphatic carbocycles. The summed E-state index contributed by atoms with van der Waals surface area (Å²) in [6, 6.07) is 0. The molecule has 2 unspecified atom stereocenters. The Morgan fingerprint density at radius 3 is 2.29 bits per heavy atom. The fraction of sp³-hybridized carbons (Fsp3) is 0.810. The SMILES string of the molecule is CCCC/C=C/CCCCCCCCC1NC=C[N+]1(CC)CCO. The molecule has 2 N–H and O–H groups in total. The van der Waals surface area contributed by atoms with Gasteiger partial charge in [-0.05, 0) is 32.6 Å². The molecule has 0 spiro atoms. The normalized spacial score (nSPS) is 23.2. The zero-order chi connectivity index (χ0) is 17.5. The van der Waals surface area contributed by atoms with Crippen LogP contribution in [0.4, 0.5) is 0 Å². The van der Waals surface area contributed by atoms with E-state index in [0.717, 1.165) is 17.6 Å². The minimum atomic E-state index is 0.267. The van der Waals surface area contributed by atoms with E-state index in [0.29, 0.717) is 6.17 Å². The van der Waals surface area contributed by atoms with Gasteiger partial charge >= 0.3 is 0 Å². The number of aliphatic hydroxyl groups is 1. The minimum Gasteiger partial charge on any atom is -0.390 e. The van der Waals surface area contributed by atoms with Gasteiger partial charge in [-0.3, -0.25) is 4.48 Å². The standard InChI is InChI=1S/C21H41N2O/c1-3-5-6-7-8-9-10-11-12-13-14-15-16-21-22-17-18-23(21,4-2)19-20-24/h7-8,17-18,21-22,24H,3-6,9-16,19-20H2,1-2H3/q+1/b8-7+. The molecule has 1 aliphatic rings. The van der Waals surface area contributed by atoms with Crippen molar-refractivity contribution in [3.8, 4) is 0 Å². The molecular formula is C21H41N2O+. The van der Waals surface area contributed by atoms with Gasteiger partial charge < -0.3 is 10.4 Å². The van der Waals surface area contributed by atoms with Crippen LogP contribution in [0.5, 0.6) is 0 Å². The zero-order valence-corrected chi connectivity index (χ0v) is 16.2. The maximum Gasteiger partial charge on any atom is 0.166 e. The predicted molar refractivity (Wildman–Crippen MR) is 104 cm³/mol. The van der Waals surface area contributed by atoms with Crippen molar-refractivity contribution in [2.24, 2.45) is 0 Å².